The molecule has 134 valence electrons. The van der Waals surface area contributed by atoms with Crippen molar-refractivity contribution in [2.24, 2.45) is 13.0 Å². The van der Waals surface area contributed by atoms with E-state index in [1.165, 1.54) is 0 Å². The summed E-state index contributed by atoms with van der Waals surface area (Å²) in [5, 5.41) is 20.3. The predicted octanol–water partition coefficient (Wildman–Crippen LogP) is 1.95. The summed E-state index contributed by atoms with van der Waals surface area (Å²) in [5.41, 5.74) is 1.63. The summed E-state index contributed by atoms with van der Waals surface area (Å²) in [7, 11) is 1.88. The third-order valence-electron chi connectivity index (χ3n) is 5.09. The van der Waals surface area contributed by atoms with Crippen molar-refractivity contribution in [2.75, 3.05) is 13.1 Å². The lowest BCUT2D eigenvalue weighted by Gasteiger charge is -2.34. The van der Waals surface area contributed by atoms with Crippen molar-refractivity contribution < 1.29 is 15.0 Å². The number of nitrogens with zero attached hydrogens (tertiary/aromatic N) is 3. The summed E-state index contributed by atoms with van der Waals surface area (Å²) in [4.78, 5) is 18.6. The van der Waals surface area contributed by atoms with Gasteiger partial charge in [0.05, 0.1) is 6.42 Å². The lowest BCUT2D eigenvalue weighted by atomic mass is 9.90. The van der Waals surface area contributed by atoms with Gasteiger partial charge >= 0.3 is 0 Å². The standard InChI is InChI=1S/C19H25N3O3/c1-13-3-4-14(11-16(13)23)12-17(24)22-8-5-15(6-9-22)18(25)19-20-7-10-21(19)2/h3-4,7,10-11,15,18,23,25H,5-6,8-9,12H2,1-2H3. The SMILES string of the molecule is Cc1ccc(CC(=O)N2CCC(C(O)c3nccn3C)CC2)cc1O. The number of phenols is 1. The van der Waals surface area contributed by atoms with E-state index in [0.29, 0.717) is 25.3 Å². The van der Waals surface area contributed by atoms with Crippen molar-refractivity contribution in [3.8, 4) is 5.75 Å². The zero-order valence-electron chi connectivity index (χ0n) is 14.7. The summed E-state index contributed by atoms with van der Waals surface area (Å²) >= 11 is 0. The van der Waals surface area contributed by atoms with Crippen molar-refractivity contribution in [2.45, 2.75) is 32.3 Å². The number of aliphatic hydroxyl groups excluding tert-OH is 1. The number of carbonyl (C=O) groups is 1. The molecule has 3 rings (SSSR count). The quantitative estimate of drug-likeness (QED) is 0.889. The van der Waals surface area contributed by atoms with E-state index in [1.54, 1.807) is 12.3 Å². The Morgan fingerprint density at radius 2 is 2.08 bits per heavy atom. The van der Waals surface area contributed by atoms with Crippen molar-refractivity contribution in [1.82, 2.24) is 14.5 Å². The first kappa shape index (κ1) is 17.5. The van der Waals surface area contributed by atoms with E-state index < -0.39 is 6.10 Å². The third-order valence-corrected chi connectivity index (χ3v) is 5.09. The van der Waals surface area contributed by atoms with Gasteiger partial charge in [0.2, 0.25) is 5.91 Å². The number of hydrogen-bond acceptors (Lipinski definition) is 4. The summed E-state index contributed by atoms with van der Waals surface area (Å²) in [6.07, 6.45) is 4.74. The molecule has 0 radical (unpaired) electrons. The van der Waals surface area contributed by atoms with Crippen LogP contribution in [0.1, 0.15) is 35.9 Å². The number of phenolic OH excluding ortho intramolecular Hbond substituents is 1. The first-order chi connectivity index (χ1) is 12.0. The van der Waals surface area contributed by atoms with Crippen LogP contribution in [0.2, 0.25) is 0 Å². The van der Waals surface area contributed by atoms with Gasteiger partial charge in [-0.3, -0.25) is 4.79 Å². The summed E-state index contributed by atoms with van der Waals surface area (Å²) in [6, 6.07) is 5.36. The average molecular weight is 343 g/mol. The van der Waals surface area contributed by atoms with Crippen LogP contribution < -0.4 is 0 Å². The van der Waals surface area contributed by atoms with Gasteiger partial charge in [-0.2, -0.15) is 0 Å². The molecule has 1 aromatic carbocycles. The Morgan fingerprint density at radius 3 is 2.68 bits per heavy atom. The number of aliphatic hydroxyl groups is 1. The lowest BCUT2D eigenvalue weighted by molar-refractivity contribution is -0.132. The Morgan fingerprint density at radius 1 is 1.36 bits per heavy atom. The van der Waals surface area contributed by atoms with E-state index in [1.807, 2.05) is 41.8 Å². The maximum Gasteiger partial charge on any atom is 0.226 e. The van der Waals surface area contributed by atoms with Gasteiger partial charge in [0.25, 0.3) is 0 Å². The predicted molar refractivity (Wildman–Crippen MR) is 94.0 cm³/mol. The molecule has 25 heavy (non-hydrogen) atoms. The molecule has 1 saturated heterocycles. The van der Waals surface area contributed by atoms with Crippen LogP contribution in [0.15, 0.2) is 30.6 Å². The fourth-order valence-corrected chi connectivity index (χ4v) is 3.39. The Hall–Kier alpha value is -2.34. The molecular formula is C19H25N3O3. The molecular weight excluding hydrogens is 318 g/mol. The number of imidazole rings is 1. The van der Waals surface area contributed by atoms with Crippen LogP contribution in [0.4, 0.5) is 0 Å². The minimum atomic E-state index is -0.591. The van der Waals surface area contributed by atoms with E-state index in [-0.39, 0.29) is 17.6 Å². The Kier molecular flexibility index (Phi) is 5.08. The van der Waals surface area contributed by atoms with Crippen LogP contribution in [0.3, 0.4) is 0 Å². The largest absolute Gasteiger partial charge is 0.508 e. The van der Waals surface area contributed by atoms with Crippen LogP contribution in [0.25, 0.3) is 0 Å². The monoisotopic (exact) mass is 343 g/mol. The minimum Gasteiger partial charge on any atom is -0.508 e. The van der Waals surface area contributed by atoms with Crippen molar-refractivity contribution in [3.63, 3.8) is 0 Å². The second-order valence-electron chi connectivity index (χ2n) is 6.86. The number of aromatic nitrogens is 2. The van der Waals surface area contributed by atoms with Crippen LogP contribution in [-0.4, -0.2) is 43.7 Å². The topological polar surface area (TPSA) is 78.6 Å². The molecule has 1 fully saturated rings. The van der Waals surface area contributed by atoms with Gasteiger partial charge in [0.1, 0.15) is 17.7 Å². The van der Waals surface area contributed by atoms with Crippen LogP contribution >= 0.6 is 0 Å². The summed E-state index contributed by atoms with van der Waals surface area (Å²) < 4.78 is 1.84. The smallest absolute Gasteiger partial charge is 0.226 e. The number of amides is 1. The van der Waals surface area contributed by atoms with E-state index in [2.05, 4.69) is 4.98 Å². The number of benzene rings is 1. The highest BCUT2D eigenvalue weighted by atomic mass is 16.3. The molecule has 0 saturated carbocycles. The van der Waals surface area contributed by atoms with Gasteiger partial charge < -0.3 is 19.7 Å². The van der Waals surface area contributed by atoms with Crippen LogP contribution in [0, 0.1) is 12.8 Å². The highest BCUT2D eigenvalue weighted by molar-refractivity contribution is 5.79. The van der Waals surface area contributed by atoms with E-state index in [0.717, 1.165) is 24.0 Å². The van der Waals surface area contributed by atoms with Gasteiger partial charge in [-0.1, -0.05) is 12.1 Å². The van der Waals surface area contributed by atoms with Crippen LogP contribution in [0.5, 0.6) is 5.75 Å². The first-order valence-corrected chi connectivity index (χ1v) is 8.67. The number of likely N-dealkylation sites (tertiary alicyclic amines) is 1. The number of carbonyl (C=O) groups excluding carboxylic acids is 1. The van der Waals surface area contributed by atoms with Crippen molar-refractivity contribution in [3.05, 3.63) is 47.5 Å². The molecule has 0 bridgehead atoms. The molecule has 2 aromatic rings. The maximum atomic E-state index is 12.5. The number of aromatic hydroxyl groups is 1. The second-order valence-corrected chi connectivity index (χ2v) is 6.86. The number of aryl methyl sites for hydroxylation is 2. The molecule has 1 aliphatic heterocycles. The van der Waals surface area contributed by atoms with Gasteiger partial charge in [-0.05, 0) is 42.9 Å². The molecule has 1 atom stereocenters. The minimum absolute atomic E-state index is 0.0631. The normalized spacial score (nSPS) is 16.8. The van der Waals surface area contributed by atoms with Gasteiger partial charge in [-0.15, -0.1) is 0 Å². The molecule has 1 unspecified atom stereocenters. The number of hydrogen-bond donors (Lipinski definition) is 2. The van der Waals surface area contributed by atoms with Crippen molar-refractivity contribution >= 4 is 5.91 Å². The highest BCUT2D eigenvalue weighted by Gasteiger charge is 2.30. The third kappa shape index (κ3) is 3.85. The van der Waals surface area contributed by atoms with E-state index >= 15 is 0 Å². The van der Waals surface area contributed by atoms with Gasteiger partial charge in [-0.25, -0.2) is 4.98 Å². The van der Waals surface area contributed by atoms with Crippen molar-refractivity contribution in [1.29, 1.82) is 0 Å². The lowest BCUT2D eigenvalue weighted by Crippen LogP contribution is -2.40. The van der Waals surface area contributed by atoms with Crippen LogP contribution in [-0.2, 0) is 18.3 Å². The fraction of sp³-hybridized carbons (Fsp3) is 0.474. The molecule has 0 spiro atoms. The Balaban J connectivity index is 1.55. The molecule has 6 nitrogen and oxygen atoms in total. The molecule has 1 aliphatic rings. The van der Waals surface area contributed by atoms with Gasteiger partial charge in [0, 0.05) is 32.5 Å². The molecule has 1 amide bonds. The zero-order chi connectivity index (χ0) is 18.0. The first-order valence-electron chi connectivity index (χ1n) is 8.67. The summed E-state index contributed by atoms with van der Waals surface area (Å²) in [6.45, 7) is 3.12. The molecule has 6 heteroatoms. The average Bonchev–Trinajstić information content (AvgIpc) is 3.03. The van der Waals surface area contributed by atoms with E-state index in [4.69, 9.17) is 0 Å². The number of rotatable bonds is 4. The molecule has 2 N–H and O–H groups in total. The molecule has 2 heterocycles. The Bertz CT molecular complexity index is 748. The highest BCUT2D eigenvalue weighted by Crippen LogP contribution is 2.30. The zero-order valence-corrected chi connectivity index (χ0v) is 14.7. The number of piperidine rings is 1. The molecule has 1 aromatic heterocycles. The van der Waals surface area contributed by atoms with E-state index in [9.17, 15) is 15.0 Å². The van der Waals surface area contributed by atoms with Gasteiger partial charge in [0.15, 0.2) is 0 Å². The Labute approximate surface area is 147 Å². The second kappa shape index (κ2) is 7.27. The fourth-order valence-electron chi connectivity index (χ4n) is 3.39. The maximum absolute atomic E-state index is 12.5. The molecule has 0 aliphatic carbocycles. The summed E-state index contributed by atoms with van der Waals surface area (Å²) in [5.74, 6) is 1.09.